The van der Waals surface area contributed by atoms with Gasteiger partial charge in [-0.15, -0.1) is 0 Å². The second-order valence-corrected chi connectivity index (χ2v) is 3.80. The van der Waals surface area contributed by atoms with E-state index >= 15 is 0 Å². The van der Waals surface area contributed by atoms with E-state index in [0.29, 0.717) is 13.2 Å². The van der Waals surface area contributed by atoms with E-state index in [1.807, 2.05) is 6.92 Å². The summed E-state index contributed by atoms with van der Waals surface area (Å²) >= 11 is 0. The van der Waals surface area contributed by atoms with Crippen molar-refractivity contribution in [2.45, 2.75) is 39.5 Å². The Balaban J connectivity index is 3.80. The van der Waals surface area contributed by atoms with Gasteiger partial charge in [-0.3, -0.25) is 4.79 Å². The minimum atomic E-state index is -0.0209. The molecule has 1 amide bonds. The smallest absolute Gasteiger partial charge is 0.248 e. The number of hydrogen-bond acceptors (Lipinski definition) is 3. The topological polar surface area (TPSA) is 49.8 Å². The van der Waals surface area contributed by atoms with Crippen molar-refractivity contribution in [3.8, 4) is 0 Å². The molecule has 0 aliphatic rings. The van der Waals surface area contributed by atoms with Crippen molar-refractivity contribution >= 4 is 5.91 Å². The van der Waals surface area contributed by atoms with Crippen LogP contribution < -0.4 is 0 Å². The highest BCUT2D eigenvalue weighted by atomic mass is 16.5. The lowest BCUT2D eigenvalue weighted by molar-refractivity contribution is -0.136. The van der Waals surface area contributed by atoms with Crippen molar-refractivity contribution in [3.05, 3.63) is 0 Å². The molecule has 0 radical (unpaired) electrons. The largest absolute Gasteiger partial charge is 0.395 e. The molecular formula is C12H25NO3. The van der Waals surface area contributed by atoms with E-state index in [1.165, 1.54) is 12.8 Å². The summed E-state index contributed by atoms with van der Waals surface area (Å²) < 4.78 is 5.08. The number of unbranched alkanes of at least 4 members (excludes halogenated alkanes) is 3. The van der Waals surface area contributed by atoms with Crippen LogP contribution in [-0.2, 0) is 9.53 Å². The molecule has 0 aromatic carbocycles. The molecule has 0 aliphatic carbocycles. The molecule has 4 nitrogen and oxygen atoms in total. The van der Waals surface area contributed by atoms with Crippen molar-refractivity contribution in [1.29, 1.82) is 0 Å². The zero-order valence-corrected chi connectivity index (χ0v) is 10.6. The van der Waals surface area contributed by atoms with Gasteiger partial charge >= 0.3 is 0 Å². The Morgan fingerprint density at radius 3 is 2.50 bits per heavy atom. The van der Waals surface area contributed by atoms with Crippen LogP contribution in [0, 0.1) is 0 Å². The molecular weight excluding hydrogens is 206 g/mol. The highest BCUT2D eigenvalue weighted by molar-refractivity contribution is 5.77. The zero-order chi connectivity index (χ0) is 12.2. The number of nitrogens with zero attached hydrogens (tertiary/aromatic N) is 1. The number of rotatable bonds is 10. The molecule has 0 aromatic rings. The highest BCUT2D eigenvalue weighted by Crippen LogP contribution is 2.02. The zero-order valence-electron chi connectivity index (χ0n) is 10.6. The Hall–Kier alpha value is -0.610. The number of aliphatic hydroxyl groups excluding tert-OH is 1. The van der Waals surface area contributed by atoms with Crippen molar-refractivity contribution in [1.82, 2.24) is 4.90 Å². The van der Waals surface area contributed by atoms with Crippen LogP contribution in [0.3, 0.4) is 0 Å². The normalized spacial score (nSPS) is 10.4. The van der Waals surface area contributed by atoms with Gasteiger partial charge in [0, 0.05) is 19.7 Å². The maximum atomic E-state index is 11.6. The monoisotopic (exact) mass is 231 g/mol. The first-order valence-electron chi connectivity index (χ1n) is 6.22. The molecule has 1 N–H and O–H groups in total. The Morgan fingerprint density at radius 1 is 1.19 bits per heavy atom. The van der Waals surface area contributed by atoms with E-state index in [-0.39, 0.29) is 19.1 Å². The van der Waals surface area contributed by atoms with Gasteiger partial charge < -0.3 is 14.7 Å². The predicted octanol–water partition coefficient (Wildman–Crippen LogP) is 1.42. The number of carbonyl (C=O) groups excluding carboxylic acids is 1. The lowest BCUT2D eigenvalue weighted by atomic mass is 10.2. The fraction of sp³-hybridized carbons (Fsp3) is 0.917. The second-order valence-electron chi connectivity index (χ2n) is 3.80. The number of carbonyl (C=O) groups is 1. The van der Waals surface area contributed by atoms with Crippen LogP contribution in [0.15, 0.2) is 0 Å². The van der Waals surface area contributed by atoms with Gasteiger partial charge in [0.2, 0.25) is 5.91 Å². The average Bonchev–Trinajstić information content (AvgIpc) is 2.30. The van der Waals surface area contributed by atoms with Crippen molar-refractivity contribution in [2.75, 3.05) is 32.9 Å². The average molecular weight is 231 g/mol. The molecule has 0 spiro atoms. The van der Waals surface area contributed by atoms with Gasteiger partial charge in [0.25, 0.3) is 0 Å². The van der Waals surface area contributed by atoms with E-state index < -0.39 is 0 Å². The van der Waals surface area contributed by atoms with E-state index in [4.69, 9.17) is 9.84 Å². The van der Waals surface area contributed by atoms with Gasteiger partial charge in [-0.2, -0.15) is 0 Å². The molecule has 4 heteroatoms. The van der Waals surface area contributed by atoms with Gasteiger partial charge in [-0.05, 0) is 13.3 Å². The summed E-state index contributed by atoms with van der Waals surface area (Å²) in [6.07, 6.45) is 4.53. The standard InChI is InChI=1S/C12H25NO3/c1-3-5-6-7-8-13(9-10-14)12(15)11-16-4-2/h14H,3-11H2,1-2H3. The van der Waals surface area contributed by atoms with Gasteiger partial charge in [0.05, 0.1) is 6.61 Å². The first-order chi connectivity index (χ1) is 7.76. The molecule has 0 rings (SSSR count). The summed E-state index contributed by atoms with van der Waals surface area (Å²) in [5.41, 5.74) is 0. The van der Waals surface area contributed by atoms with Gasteiger partial charge in [0.1, 0.15) is 6.61 Å². The number of aliphatic hydroxyl groups is 1. The molecule has 0 atom stereocenters. The molecule has 0 saturated carbocycles. The maximum Gasteiger partial charge on any atom is 0.248 e. The summed E-state index contributed by atoms with van der Waals surface area (Å²) in [4.78, 5) is 13.3. The molecule has 96 valence electrons. The third-order valence-electron chi connectivity index (χ3n) is 2.43. The fourth-order valence-corrected chi connectivity index (χ4v) is 1.49. The summed E-state index contributed by atoms with van der Waals surface area (Å²) in [5.74, 6) is -0.0209. The Morgan fingerprint density at radius 2 is 1.94 bits per heavy atom. The summed E-state index contributed by atoms with van der Waals surface area (Å²) in [7, 11) is 0. The second kappa shape index (κ2) is 10.9. The fourth-order valence-electron chi connectivity index (χ4n) is 1.49. The quantitative estimate of drug-likeness (QED) is 0.579. The molecule has 0 aromatic heterocycles. The first-order valence-corrected chi connectivity index (χ1v) is 6.22. The van der Waals surface area contributed by atoms with Crippen LogP contribution in [0.25, 0.3) is 0 Å². The highest BCUT2D eigenvalue weighted by Gasteiger charge is 2.11. The van der Waals surface area contributed by atoms with Crippen LogP contribution >= 0.6 is 0 Å². The summed E-state index contributed by atoms with van der Waals surface area (Å²) in [6.45, 7) is 5.87. The van der Waals surface area contributed by atoms with Gasteiger partial charge in [-0.1, -0.05) is 26.2 Å². The van der Waals surface area contributed by atoms with Crippen LogP contribution in [0.1, 0.15) is 39.5 Å². The SMILES string of the molecule is CCCCCCN(CCO)C(=O)COCC. The van der Waals surface area contributed by atoms with Crippen molar-refractivity contribution in [3.63, 3.8) is 0 Å². The number of hydrogen-bond donors (Lipinski definition) is 1. The molecule has 0 unspecified atom stereocenters. The number of amides is 1. The molecule has 0 saturated heterocycles. The van der Waals surface area contributed by atoms with E-state index in [1.54, 1.807) is 4.90 Å². The van der Waals surface area contributed by atoms with Crippen LogP contribution in [-0.4, -0.2) is 48.8 Å². The van der Waals surface area contributed by atoms with Gasteiger partial charge in [0.15, 0.2) is 0 Å². The summed E-state index contributed by atoms with van der Waals surface area (Å²) in [5, 5.41) is 8.88. The third-order valence-corrected chi connectivity index (χ3v) is 2.43. The van der Waals surface area contributed by atoms with Crippen LogP contribution in [0.4, 0.5) is 0 Å². The number of ether oxygens (including phenoxy) is 1. The van der Waals surface area contributed by atoms with Crippen LogP contribution in [0.5, 0.6) is 0 Å². The summed E-state index contributed by atoms with van der Waals surface area (Å²) in [6, 6.07) is 0. The minimum absolute atomic E-state index is 0.0195. The molecule has 0 bridgehead atoms. The lowest BCUT2D eigenvalue weighted by Crippen LogP contribution is -2.37. The third kappa shape index (κ3) is 7.65. The lowest BCUT2D eigenvalue weighted by Gasteiger charge is -2.21. The van der Waals surface area contributed by atoms with Gasteiger partial charge in [-0.25, -0.2) is 0 Å². The van der Waals surface area contributed by atoms with E-state index in [9.17, 15) is 4.79 Å². The minimum Gasteiger partial charge on any atom is -0.395 e. The Kier molecular flexibility index (Phi) is 10.5. The molecule has 0 heterocycles. The van der Waals surface area contributed by atoms with Crippen molar-refractivity contribution in [2.24, 2.45) is 0 Å². The van der Waals surface area contributed by atoms with E-state index in [2.05, 4.69) is 6.92 Å². The molecule has 0 aliphatic heterocycles. The molecule has 0 fully saturated rings. The van der Waals surface area contributed by atoms with E-state index in [0.717, 1.165) is 19.4 Å². The van der Waals surface area contributed by atoms with Crippen molar-refractivity contribution < 1.29 is 14.6 Å². The first kappa shape index (κ1) is 15.4. The Labute approximate surface area is 98.6 Å². The predicted molar refractivity (Wildman–Crippen MR) is 64.3 cm³/mol. The van der Waals surface area contributed by atoms with Crippen LogP contribution in [0.2, 0.25) is 0 Å². The molecule has 16 heavy (non-hydrogen) atoms. The Bertz CT molecular complexity index is 174. The maximum absolute atomic E-state index is 11.6.